The molecule has 0 bridgehead atoms. The maximum absolute atomic E-state index is 9.10. The van der Waals surface area contributed by atoms with Crippen LogP contribution < -0.4 is 0 Å². The second-order valence-corrected chi connectivity index (χ2v) is 1.83. The first-order valence-corrected chi connectivity index (χ1v) is 3.32. The summed E-state index contributed by atoms with van der Waals surface area (Å²) in [5.41, 5.74) is 0. The number of hydrogen-bond acceptors (Lipinski definition) is 6. The largest absolute Gasteiger partial charge is 0.473 e. The van der Waals surface area contributed by atoms with Gasteiger partial charge in [-0.3, -0.25) is 0 Å². The topological polar surface area (TPSA) is 444 Å². The summed E-state index contributed by atoms with van der Waals surface area (Å²) in [6.07, 6.45) is 0. The molecule has 20 N–H and O–H groups in total. The fourth-order valence-corrected chi connectivity index (χ4v) is 0. The first-order valence-electron chi connectivity index (χ1n) is 3.32. The molecule has 0 aliphatic carbocycles. The van der Waals surface area contributed by atoms with E-state index < -0.39 is 35.8 Å². The average molecular weight is 574 g/mol. The molecule has 164 valence electrons. The zero-order valence-electron chi connectivity index (χ0n) is 12.8. The Labute approximate surface area is 197 Å². The molecule has 0 saturated heterocycles. The van der Waals surface area contributed by atoms with E-state index >= 15 is 0 Å². The maximum atomic E-state index is 9.10. The van der Waals surface area contributed by atoms with Crippen LogP contribution in [0.25, 0.3) is 0 Å². The smallest absolute Gasteiger partial charge is 0.414 e. The van der Waals surface area contributed by atoms with E-state index in [1.165, 1.54) is 0 Å². The van der Waals surface area contributed by atoms with Gasteiger partial charge >= 0.3 is 35.8 Å². The van der Waals surface area contributed by atoms with Crippen LogP contribution >= 0.6 is 0 Å². The minimum Gasteiger partial charge on any atom is -0.473 e. The normalized spacial score (nSPS) is 4.89. The van der Waals surface area contributed by atoms with Gasteiger partial charge in [-0.1, -0.05) is 0 Å². The van der Waals surface area contributed by atoms with Gasteiger partial charge in [0.05, 0.1) is 0 Å². The summed E-state index contributed by atoms with van der Waals surface area (Å²) in [7, 11) is 0. The molecule has 0 atom stereocenters. The van der Waals surface area contributed by atoms with Gasteiger partial charge in [0.2, 0.25) is 0 Å². The zero-order valence-corrected chi connectivity index (χ0v) is 18.5. The van der Waals surface area contributed by atoms with Crippen LogP contribution in [0.4, 0.5) is 0 Å². The molecule has 0 unspecified atom stereocenters. The van der Waals surface area contributed by atoms with Crippen molar-refractivity contribution in [2.75, 3.05) is 0 Å². The van der Waals surface area contributed by atoms with E-state index in [1.807, 2.05) is 0 Å². The molecule has 0 amide bonds. The first-order chi connectivity index (χ1) is 7.93. The quantitative estimate of drug-likeness (QED) is 0.147. The Morgan fingerprint density at radius 1 is 0.296 bits per heavy atom. The molecule has 27 heavy (non-hydrogen) atoms. The number of aliphatic carboxylic acids is 6. The Kier molecular flexibility index (Phi) is 154. The molecule has 0 aromatic carbocycles. The molecule has 0 aromatic rings. The van der Waals surface area contributed by atoms with Crippen molar-refractivity contribution in [3.8, 4) is 0 Å². The SMILES string of the molecule is O.O.O.O.O.O.O.O=C(O)C(=O)O.O=C(O)C(=O)O.O=C(O)C(=O)O.[Y].[Y]. The number of carboxylic acids is 6. The van der Waals surface area contributed by atoms with Crippen molar-refractivity contribution in [2.45, 2.75) is 0 Å². The van der Waals surface area contributed by atoms with Crippen molar-refractivity contribution in [1.82, 2.24) is 0 Å². The summed E-state index contributed by atoms with van der Waals surface area (Å²) in [5.74, 6) is -10.9. The van der Waals surface area contributed by atoms with Gasteiger partial charge in [-0.2, -0.15) is 0 Å². The van der Waals surface area contributed by atoms with E-state index in [0.717, 1.165) is 0 Å². The maximum Gasteiger partial charge on any atom is 0.414 e. The molecule has 0 aliphatic rings. The Hall–Kier alpha value is -1.25. The van der Waals surface area contributed by atoms with Crippen LogP contribution in [0.1, 0.15) is 0 Å². The van der Waals surface area contributed by atoms with Crippen LogP contribution in [0.3, 0.4) is 0 Å². The van der Waals surface area contributed by atoms with Crippen LogP contribution in [0.15, 0.2) is 0 Å². The summed E-state index contributed by atoms with van der Waals surface area (Å²) < 4.78 is 0. The molecule has 21 heteroatoms. The summed E-state index contributed by atoms with van der Waals surface area (Å²) in [4.78, 5) is 54.6. The van der Waals surface area contributed by atoms with E-state index in [-0.39, 0.29) is 104 Å². The molecule has 2 radical (unpaired) electrons. The summed E-state index contributed by atoms with van der Waals surface area (Å²) >= 11 is 0. The second-order valence-electron chi connectivity index (χ2n) is 1.83. The molecule has 0 aliphatic heterocycles. The Bertz CT molecular complexity index is 285. The van der Waals surface area contributed by atoms with Crippen molar-refractivity contribution in [2.24, 2.45) is 0 Å². The minimum atomic E-state index is -1.82. The van der Waals surface area contributed by atoms with Crippen molar-refractivity contribution < 1.29 is 163 Å². The standard InChI is InChI=1S/3C2H2O4.7H2O.2Y/c3*3-1(4)2(5)6;;;;;;;;;/h3*(H,3,4)(H,5,6);7*1H2;;. The number of carboxylic acid groups (broad SMARTS) is 6. The molecule has 19 nitrogen and oxygen atoms in total. The van der Waals surface area contributed by atoms with Gasteiger partial charge in [0.1, 0.15) is 0 Å². The van der Waals surface area contributed by atoms with Gasteiger partial charge in [0.15, 0.2) is 0 Å². The summed E-state index contributed by atoms with van der Waals surface area (Å²) in [6.45, 7) is 0. The van der Waals surface area contributed by atoms with E-state index in [0.29, 0.717) is 0 Å². The molecule has 0 rings (SSSR count). The third kappa shape index (κ3) is 111. The fourth-order valence-electron chi connectivity index (χ4n) is 0. The zero-order chi connectivity index (χ0) is 15.5. The summed E-state index contributed by atoms with van der Waals surface area (Å²) in [5, 5.41) is 44.3. The van der Waals surface area contributed by atoms with Gasteiger partial charge in [0, 0.05) is 65.4 Å². The predicted octanol–water partition coefficient (Wildman–Crippen LogP) is -8.31. The molecule has 0 saturated carbocycles. The third-order valence-electron chi connectivity index (χ3n) is 0.549. The monoisotopic (exact) mass is 574 g/mol. The van der Waals surface area contributed by atoms with E-state index in [9.17, 15) is 0 Å². The van der Waals surface area contributed by atoms with Crippen LogP contribution in [-0.4, -0.2) is 105 Å². The molecular weight excluding hydrogens is 554 g/mol. The van der Waals surface area contributed by atoms with E-state index in [1.54, 1.807) is 0 Å². The predicted molar refractivity (Wildman–Crippen MR) is 71.1 cm³/mol. The average Bonchev–Trinajstić information content (AvgIpc) is 2.18. The second kappa shape index (κ2) is 49.8. The third-order valence-corrected chi connectivity index (χ3v) is 0.549. The van der Waals surface area contributed by atoms with E-state index in [2.05, 4.69) is 0 Å². The van der Waals surface area contributed by atoms with Crippen molar-refractivity contribution in [1.29, 1.82) is 0 Å². The van der Waals surface area contributed by atoms with Gasteiger partial charge < -0.3 is 69.0 Å². The molecule has 0 aromatic heterocycles. The first kappa shape index (κ1) is 83.4. The fraction of sp³-hybridized carbons (Fsp3) is 0. The van der Waals surface area contributed by atoms with Crippen molar-refractivity contribution in [3.63, 3.8) is 0 Å². The minimum absolute atomic E-state index is 0. The van der Waals surface area contributed by atoms with Gasteiger partial charge in [-0.15, -0.1) is 0 Å². The summed E-state index contributed by atoms with van der Waals surface area (Å²) in [6, 6.07) is 0. The molecule has 0 fully saturated rings. The number of hydrogen-bond donors (Lipinski definition) is 6. The number of carbonyl (C=O) groups is 6. The Balaban J connectivity index is -0.0000000107. The Morgan fingerprint density at radius 3 is 0.333 bits per heavy atom. The van der Waals surface area contributed by atoms with Crippen LogP contribution in [0.5, 0.6) is 0 Å². The van der Waals surface area contributed by atoms with Crippen molar-refractivity contribution in [3.05, 3.63) is 0 Å². The molecule has 0 heterocycles. The van der Waals surface area contributed by atoms with Gasteiger partial charge in [-0.05, 0) is 0 Å². The van der Waals surface area contributed by atoms with Crippen LogP contribution in [-0.2, 0) is 94.2 Å². The van der Waals surface area contributed by atoms with Crippen LogP contribution in [0, 0.1) is 0 Å². The number of rotatable bonds is 0. The van der Waals surface area contributed by atoms with Crippen molar-refractivity contribution >= 4 is 35.8 Å². The van der Waals surface area contributed by atoms with Gasteiger partial charge in [-0.25, -0.2) is 28.8 Å². The molecular formula is C6H20O19Y2. The van der Waals surface area contributed by atoms with E-state index in [4.69, 9.17) is 59.4 Å². The molecule has 0 spiro atoms. The van der Waals surface area contributed by atoms with Crippen LogP contribution in [0.2, 0.25) is 0 Å². The van der Waals surface area contributed by atoms with Gasteiger partial charge in [0.25, 0.3) is 0 Å². The Morgan fingerprint density at radius 2 is 0.333 bits per heavy atom.